The van der Waals surface area contributed by atoms with Crippen molar-refractivity contribution in [2.45, 2.75) is 266 Å². The second-order valence-corrected chi connectivity index (χ2v) is 28.3. The van der Waals surface area contributed by atoms with Crippen molar-refractivity contribution in [2.75, 3.05) is 19.8 Å². The lowest BCUT2D eigenvalue weighted by molar-refractivity contribution is -0.327. The van der Waals surface area contributed by atoms with Crippen LogP contribution in [-0.2, 0) is 57.2 Å². The van der Waals surface area contributed by atoms with E-state index in [-0.39, 0.29) is 89.1 Å². The molecule has 0 amide bonds. The highest BCUT2D eigenvalue weighted by molar-refractivity contribution is 5.81. The Morgan fingerprint density at radius 1 is 0.416 bits per heavy atom. The summed E-state index contributed by atoms with van der Waals surface area (Å²) in [4.78, 5) is 73.0. The molecule has 0 saturated heterocycles. The van der Waals surface area contributed by atoms with Crippen molar-refractivity contribution < 1.29 is 98.0 Å². The highest BCUT2D eigenvalue weighted by Gasteiger charge is 2.74. The third-order valence-electron chi connectivity index (χ3n) is 20.0. The molecule has 0 radical (unpaired) electrons. The summed E-state index contributed by atoms with van der Waals surface area (Å²) in [6.45, 7) is 18.8. The third kappa shape index (κ3) is 12.3. The van der Waals surface area contributed by atoms with Crippen molar-refractivity contribution in [3.63, 3.8) is 0 Å². The van der Waals surface area contributed by atoms with Gasteiger partial charge in [0.25, 0.3) is 0 Å². The molecule has 12 bridgehead atoms. The predicted octanol–water partition coefficient (Wildman–Crippen LogP) is 4.23. The zero-order valence-corrected chi connectivity index (χ0v) is 47.5. The molecule has 12 rings (SSSR count). The van der Waals surface area contributed by atoms with Crippen molar-refractivity contribution in [3.05, 3.63) is 0 Å². The van der Waals surface area contributed by atoms with E-state index in [2.05, 4.69) is 0 Å². The van der Waals surface area contributed by atoms with Gasteiger partial charge in [-0.15, -0.1) is 0 Å². The quantitative estimate of drug-likeness (QED) is 0.0792. The SMILES string of the molecule is CCC(C)(C)C(=O)OCC(=O)OC12CC3(O)CC(O)(CC(O)(C3)C1C)C2.CCC(C)(C)C(=O)OCC(=O)OC12CC3CC(O)(CC(O)(C3)C1)C2.CCC(C)(C)C(=O)OCCC(=O)OC12CC3(O)CC(O)(CC(O)(C3)C1C)C2. The minimum Gasteiger partial charge on any atom is -0.465 e. The maximum atomic E-state index is 12.4. The molecular formula is C57H90O20. The number of hydrogen-bond acceptors (Lipinski definition) is 20. The van der Waals surface area contributed by atoms with Crippen LogP contribution in [0.25, 0.3) is 0 Å². The fourth-order valence-electron chi connectivity index (χ4n) is 15.9. The van der Waals surface area contributed by atoms with Crippen molar-refractivity contribution in [2.24, 2.45) is 34.0 Å². The fraction of sp³-hybridized carbons (Fsp3) is 0.895. The molecule has 12 aliphatic rings. The van der Waals surface area contributed by atoms with E-state index in [0.717, 1.165) is 0 Å². The molecule has 8 atom stereocenters. The zero-order chi connectivity index (χ0) is 57.7. The molecule has 0 heterocycles. The molecule has 20 heteroatoms. The molecule has 0 aromatic heterocycles. The van der Waals surface area contributed by atoms with Gasteiger partial charge in [0.15, 0.2) is 13.2 Å². The minimum atomic E-state index is -1.28. The lowest BCUT2D eigenvalue weighted by atomic mass is 9.45. The first-order valence-corrected chi connectivity index (χ1v) is 28.0. The molecule has 12 saturated carbocycles. The first kappa shape index (κ1) is 61.1. The van der Waals surface area contributed by atoms with Gasteiger partial charge < -0.3 is 69.3 Å². The summed E-state index contributed by atoms with van der Waals surface area (Å²) in [5, 5.41) is 86.4. The number of carbonyl (C=O) groups is 6. The molecule has 12 fully saturated rings. The Hall–Kier alpha value is -3.50. The van der Waals surface area contributed by atoms with E-state index >= 15 is 0 Å². The molecular weight excluding hydrogens is 1000 g/mol. The summed E-state index contributed by atoms with van der Waals surface area (Å²) in [6, 6.07) is 0. The normalized spacial score (nSPS) is 42.5. The van der Waals surface area contributed by atoms with Gasteiger partial charge in [-0.25, -0.2) is 9.59 Å². The summed E-state index contributed by atoms with van der Waals surface area (Å²) >= 11 is 0. The Morgan fingerprint density at radius 2 is 0.740 bits per heavy atom. The molecule has 0 spiro atoms. The number of carbonyl (C=O) groups excluding carboxylic acids is 6. The van der Waals surface area contributed by atoms with E-state index in [1.54, 1.807) is 48.5 Å². The van der Waals surface area contributed by atoms with E-state index < -0.39 is 133 Å². The van der Waals surface area contributed by atoms with Crippen LogP contribution in [0.2, 0.25) is 0 Å². The maximum absolute atomic E-state index is 12.4. The molecule has 8 N–H and O–H groups in total. The van der Waals surface area contributed by atoms with E-state index in [9.17, 15) is 69.6 Å². The van der Waals surface area contributed by atoms with Gasteiger partial charge in [-0.2, -0.15) is 0 Å². The second kappa shape index (κ2) is 19.9. The molecule has 0 aliphatic heterocycles. The van der Waals surface area contributed by atoms with E-state index in [1.165, 1.54) is 0 Å². The van der Waals surface area contributed by atoms with Gasteiger partial charge >= 0.3 is 35.8 Å². The highest BCUT2D eigenvalue weighted by atomic mass is 16.6. The van der Waals surface area contributed by atoms with Crippen molar-refractivity contribution in [1.82, 2.24) is 0 Å². The van der Waals surface area contributed by atoms with Crippen LogP contribution in [0, 0.1) is 34.0 Å². The zero-order valence-electron chi connectivity index (χ0n) is 47.5. The molecule has 12 aliphatic carbocycles. The maximum Gasteiger partial charge on any atom is 0.344 e. The van der Waals surface area contributed by atoms with Crippen LogP contribution in [0.5, 0.6) is 0 Å². The van der Waals surface area contributed by atoms with Gasteiger partial charge in [-0.05, 0) is 86.0 Å². The standard InChI is InChI=1S/C20H32O7.C19H30O7.C18H28O6/c1-5-16(3,4)15(22)26-7-6-14(21)27-20-11-17(23)8-18(24,12-20)10-19(25,9-17)13(20)2;1-5-15(3,4)14(21)25-6-13(20)26-19-10-16(22)7-17(23,11-19)9-18(24,8-16)12(19)2;1-4-15(2,3)14(20)23-8-13(19)24-18-7-12-5-16(21,10-18)9-17(22,6-12)11-18/h13,23-25H,5-12H2,1-4H3;12,22-24H,5-11H2,1-4H3;12,21-22H,4-11H2,1-3H3. The number of aliphatic hydroxyl groups is 8. The predicted molar refractivity (Wildman–Crippen MR) is 271 cm³/mol. The van der Waals surface area contributed by atoms with Crippen LogP contribution < -0.4 is 0 Å². The second-order valence-electron chi connectivity index (χ2n) is 28.3. The Morgan fingerprint density at radius 3 is 1.09 bits per heavy atom. The molecule has 0 aromatic carbocycles. The molecule has 8 unspecified atom stereocenters. The van der Waals surface area contributed by atoms with Crippen LogP contribution >= 0.6 is 0 Å². The largest absolute Gasteiger partial charge is 0.465 e. The van der Waals surface area contributed by atoms with Crippen LogP contribution in [0.1, 0.15) is 205 Å². The van der Waals surface area contributed by atoms with Crippen LogP contribution in [-0.4, -0.2) is 158 Å². The van der Waals surface area contributed by atoms with Crippen LogP contribution in [0.3, 0.4) is 0 Å². The van der Waals surface area contributed by atoms with Crippen LogP contribution in [0.4, 0.5) is 0 Å². The Bertz CT molecular complexity index is 2270. The lowest BCUT2D eigenvalue weighted by Gasteiger charge is -2.67. The van der Waals surface area contributed by atoms with Crippen LogP contribution in [0.15, 0.2) is 0 Å². The average Bonchev–Trinajstić information content (AvgIpc) is 3.25. The Kier molecular flexibility index (Phi) is 15.8. The number of ether oxygens (including phenoxy) is 6. The molecule has 77 heavy (non-hydrogen) atoms. The smallest absolute Gasteiger partial charge is 0.344 e. The fourth-order valence-corrected chi connectivity index (χ4v) is 15.9. The topological polar surface area (TPSA) is 320 Å². The van der Waals surface area contributed by atoms with E-state index in [4.69, 9.17) is 28.4 Å². The summed E-state index contributed by atoms with van der Waals surface area (Å²) in [6.07, 6.45) is 6.63. The molecule has 438 valence electrons. The van der Waals surface area contributed by atoms with E-state index in [0.29, 0.717) is 57.8 Å². The monoisotopic (exact) mass is 1090 g/mol. The van der Waals surface area contributed by atoms with Gasteiger partial charge in [0.05, 0.1) is 67.5 Å². The number of esters is 6. The number of hydrogen-bond donors (Lipinski definition) is 8. The first-order valence-electron chi connectivity index (χ1n) is 28.0. The first-order chi connectivity index (χ1) is 35.0. The summed E-state index contributed by atoms with van der Waals surface area (Å²) in [7, 11) is 0. The Balaban J connectivity index is 0.000000168. The van der Waals surface area contributed by atoms with Crippen molar-refractivity contribution in [3.8, 4) is 0 Å². The summed E-state index contributed by atoms with van der Waals surface area (Å²) in [5.74, 6) is -3.81. The minimum absolute atomic E-state index is 0.0790. The Labute approximate surface area is 452 Å². The molecule has 20 nitrogen and oxygen atoms in total. The van der Waals surface area contributed by atoms with Crippen molar-refractivity contribution >= 4 is 35.8 Å². The summed E-state index contributed by atoms with van der Waals surface area (Å²) in [5.41, 5.74) is -14.4. The van der Waals surface area contributed by atoms with Gasteiger partial charge in [-0.1, -0.05) is 34.6 Å². The third-order valence-corrected chi connectivity index (χ3v) is 20.0. The molecule has 0 aromatic rings. The average molecular weight is 1100 g/mol. The van der Waals surface area contributed by atoms with Gasteiger partial charge in [0.2, 0.25) is 0 Å². The summed E-state index contributed by atoms with van der Waals surface area (Å²) < 4.78 is 32.4. The van der Waals surface area contributed by atoms with Crippen molar-refractivity contribution in [1.29, 1.82) is 0 Å². The number of rotatable bonds is 16. The highest BCUT2D eigenvalue weighted by Crippen LogP contribution is 2.66. The lowest BCUT2D eigenvalue weighted by Crippen LogP contribution is -2.76. The van der Waals surface area contributed by atoms with Gasteiger partial charge in [0.1, 0.15) is 23.4 Å². The van der Waals surface area contributed by atoms with Gasteiger partial charge in [0, 0.05) is 95.3 Å². The van der Waals surface area contributed by atoms with Gasteiger partial charge in [-0.3, -0.25) is 19.2 Å². The van der Waals surface area contributed by atoms with E-state index in [1.807, 2.05) is 27.7 Å².